The van der Waals surface area contributed by atoms with Crippen molar-refractivity contribution in [3.8, 4) is 5.75 Å². The van der Waals surface area contributed by atoms with E-state index in [0.29, 0.717) is 6.42 Å². The lowest BCUT2D eigenvalue weighted by atomic mass is 9.81. The Bertz CT molecular complexity index is 963. The summed E-state index contributed by atoms with van der Waals surface area (Å²) in [5, 5.41) is 2.44. The summed E-state index contributed by atoms with van der Waals surface area (Å²) in [5.41, 5.74) is 3.44. The summed E-state index contributed by atoms with van der Waals surface area (Å²) in [6, 6.07) is 20.8. The van der Waals surface area contributed by atoms with Crippen LogP contribution in [0.2, 0.25) is 0 Å². The Morgan fingerprint density at radius 2 is 1.92 bits per heavy atom. The molecule has 1 atom stereocenters. The molecule has 0 bridgehead atoms. The van der Waals surface area contributed by atoms with E-state index in [1.165, 1.54) is 16.3 Å². The summed E-state index contributed by atoms with van der Waals surface area (Å²) in [7, 11) is 1.68. The Morgan fingerprint density at radius 3 is 2.73 bits per heavy atom. The lowest BCUT2D eigenvalue weighted by Crippen LogP contribution is -2.37. The van der Waals surface area contributed by atoms with Crippen LogP contribution in [0.25, 0.3) is 10.8 Å². The van der Waals surface area contributed by atoms with Crippen LogP contribution in [0.5, 0.6) is 5.75 Å². The smallest absolute Gasteiger partial charge is 0.227 e. The third-order valence-corrected chi connectivity index (χ3v) is 5.21. The fourth-order valence-electron chi connectivity index (χ4n) is 4.02. The number of carbonyl (C=O) groups excluding carboxylic acids is 1. The van der Waals surface area contributed by atoms with E-state index in [9.17, 15) is 4.79 Å². The highest BCUT2D eigenvalue weighted by atomic mass is 16.5. The maximum absolute atomic E-state index is 12.9. The number of hydrogen-bond acceptors (Lipinski definition) is 2. The number of methoxy groups -OCH3 is 1. The molecule has 132 valence electrons. The predicted molar refractivity (Wildman–Crippen MR) is 106 cm³/mol. The first-order valence-electron chi connectivity index (χ1n) is 9.19. The van der Waals surface area contributed by atoms with Crippen LogP contribution in [0.1, 0.15) is 36.8 Å². The number of fused-ring (bicyclic) bond motifs is 3. The molecule has 1 heterocycles. The molecule has 1 aliphatic heterocycles. The molecule has 0 radical (unpaired) electrons. The number of benzene rings is 3. The van der Waals surface area contributed by atoms with Crippen molar-refractivity contribution in [2.45, 2.75) is 25.7 Å². The number of anilines is 1. The van der Waals surface area contributed by atoms with Gasteiger partial charge in [0.1, 0.15) is 5.75 Å². The highest BCUT2D eigenvalue weighted by Crippen LogP contribution is 2.44. The third kappa shape index (κ3) is 2.74. The van der Waals surface area contributed by atoms with Crippen molar-refractivity contribution in [3.63, 3.8) is 0 Å². The lowest BCUT2D eigenvalue weighted by molar-refractivity contribution is -0.119. The van der Waals surface area contributed by atoms with Gasteiger partial charge in [-0.1, -0.05) is 49.4 Å². The first kappa shape index (κ1) is 16.6. The first-order valence-corrected chi connectivity index (χ1v) is 9.19. The van der Waals surface area contributed by atoms with Crippen LogP contribution in [-0.4, -0.2) is 19.6 Å². The van der Waals surface area contributed by atoms with Gasteiger partial charge < -0.3 is 9.64 Å². The van der Waals surface area contributed by atoms with Gasteiger partial charge in [0.15, 0.2) is 0 Å². The van der Waals surface area contributed by atoms with E-state index in [1.807, 2.05) is 17.0 Å². The Hall–Kier alpha value is -2.81. The average Bonchev–Trinajstić information content (AvgIpc) is 2.69. The molecular weight excluding hydrogens is 322 g/mol. The minimum atomic E-state index is 0.0480. The fraction of sp³-hybridized carbons (Fsp3) is 0.261. The summed E-state index contributed by atoms with van der Waals surface area (Å²) >= 11 is 0. The number of rotatable bonds is 4. The van der Waals surface area contributed by atoms with Crippen LogP contribution < -0.4 is 9.64 Å². The van der Waals surface area contributed by atoms with E-state index in [2.05, 4.69) is 55.5 Å². The van der Waals surface area contributed by atoms with E-state index >= 15 is 0 Å². The fourth-order valence-corrected chi connectivity index (χ4v) is 4.02. The van der Waals surface area contributed by atoms with Crippen molar-refractivity contribution in [2.75, 3.05) is 18.6 Å². The SMILES string of the molecule is CCCN1C(=O)CC(c2cccc(OC)c2)c2c1ccc1ccccc21. The van der Waals surface area contributed by atoms with E-state index < -0.39 is 0 Å². The quantitative estimate of drug-likeness (QED) is 0.656. The van der Waals surface area contributed by atoms with Crippen LogP contribution in [0.3, 0.4) is 0 Å². The number of ether oxygens (including phenoxy) is 1. The molecule has 26 heavy (non-hydrogen) atoms. The maximum Gasteiger partial charge on any atom is 0.227 e. The predicted octanol–water partition coefficient (Wildman–Crippen LogP) is 5.13. The summed E-state index contributed by atoms with van der Waals surface area (Å²) < 4.78 is 5.41. The van der Waals surface area contributed by atoms with Gasteiger partial charge in [-0.2, -0.15) is 0 Å². The molecular formula is C23H23NO2. The van der Waals surface area contributed by atoms with E-state index in [0.717, 1.165) is 30.0 Å². The molecule has 0 aromatic heterocycles. The molecule has 4 rings (SSSR count). The van der Waals surface area contributed by atoms with Crippen LogP contribution in [-0.2, 0) is 4.79 Å². The Morgan fingerprint density at radius 1 is 1.08 bits per heavy atom. The largest absolute Gasteiger partial charge is 0.497 e. The van der Waals surface area contributed by atoms with Gasteiger partial charge in [-0.15, -0.1) is 0 Å². The van der Waals surface area contributed by atoms with Gasteiger partial charge in [0, 0.05) is 24.6 Å². The molecule has 1 amide bonds. The van der Waals surface area contributed by atoms with Crippen molar-refractivity contribution in [3.05, 3.63) is 71.8 Å². The zero-order chi connectivity index (χ0) is 18.1. The summed E-state index contributed by atoms with van der Waals surface area (Å²) in [6.07, 6.45) is 1.44. The average molecular weight is 345 g/mol. The summed E-state index contributed by atoms with van der Waals surface area (Å²) in [4.78, 5) is 14.9. The Balaban J connectivity index is 1.96. The van der Waals surface area contributed by atoms with Crippen molar-refractivity contribution < 1.29 is 9.53 Å². The van der Waals surface area contributed by atoms with E-state index in [1.54, 1.807) is 7.11 Å². The van der Waals surface area contributed by atoms with Crippen molar-refractivity contribution in [2.24, 2.45) is 0 Å². The molecule has 0 saturated carbocycles. The van der Waals surface area contributed by atoms with Crippen molar-refractivity contribution >= 4 is 22.4 Å². The second kappa shape index (κ2) is 6.83. The van der Waals surface area contributed by atoms with Gasteiger partial charge >= 0.3 is 0 Å². The highest BCUT2D eigenvalue weighted by molar-refractivity contribution is 6.03. The van der Waals surface area contributed by atoms with Crippen molar-refractivity contribution in [1.29, 1.82) is 0 Å². The lowest BCUT2D eigenvalue weighted by Gasteiger charge is -2.35. The van der Waals surface area contributed by atoms with Gasteiger partial charge in [-0.25, -0.2) is 0 Å². The monoisotopic (exact) mass is 345 g/mol. The van der Waals surface area contributed by atoms with Gasteiger partial charge in [-0.3, -0.25) is 4.79 Å². The zero-order valence-electron chi connectivity index (χ0n) is 15.2. The van der Waals surface area contributed by atoms with Gasteiger partial charge in [0.25, 0.3) is 0 Å². The zero-order valence-corrected chi connectivity index (χ0v) is 15.2. The number of carbonyl (C=O) groups is 1. The Kier molecular flexibility index (Phi) is 4.37. The minimum Gasteiger partial charge on any atom is -0.497 e. The van der Waals surface area contributed by atoms with Crippen LogP contribution in [0.15, 0.2) is 60.7 Å². The molecule has 0 aliphatic carbocycles. The molecule has 0 N–H and O–H groups in total. The molecule has 0 spiro atoms. The molecule has 3 aromatic rings. The van der Waals surface area contributed by atoms with E-state index in [-0.39, 0.29) is 11.8 Å². The molecule has 0 saturated heterocycles. The molecule has 0 fully saturated rings. The molecule has 3 aromatic carbocycles. The van der Waals surface area contributed by atoms with E-state index in [4.69, 9.17) is 4.74 Å². The molecule has 3 nitrogen and oxygen atoms in total. The van der Waals surface area contributed by atoms with Crippen LogP contribution in [0, 0.1) is 0 Å². The number of nitrogens with zero attached hydrogens (tertiary/aromatic N) is 1. The third-order valence-electron chi connectivity index (χ3n) is 5.21. The summed E-state index contributed by atoms with van der Waals surface area (Å²) in [5.74, 6) is 1.07. The van der Waals surface area contributed by atoms with Crippen LogP contribution in [0.4, 0.5) is 5.69 Å². The van der Waals surface area contributed by atoms with Gasteiger partial charge in [0.05, 0.1) is 7.11 Å². The highest BCUT2D eigenvalue weighted by Gasteiger charge is 2.33. The molecule has 1 aliphatic rings. The van der Waals surface area contributed by atoms with Gasteiger partial charge in [0.2, 0.25) is 5.91 Å². The first-order chi connectivity index (χ1) is 12.7. The number of hydrogen-bond donors (Lipinski definition) is 0. The number of amides is 1. The topological polar surface area (TPSA) is 29.5 Å². The standard InChI is InChI=1S/C23H23NO2/c1-3-13-24-21-12-11-16-7-4-5-10-19(16)23(21)20(15-22(24)25)17-8-6-9-18(14-17)26-2/h4-12,14,20H,3,13,15H2,1-2H3. The van der Waals surface area contributed by atoms with Crippen LogP contribution >= 0.6 is 0 Å². The normalized spacial score (nSPS) is 16.6. The van der Waals surface area contributed by atoms with Gasteiger partial charge in [-0.05, 0) is 46.5 Å². The Labute approximate surface area is 154 Å². The maximum atomic E-state index is 12.9. The molecule has 1 unspecified atom stereocenters. The summed E-state index contributed by atoms with van der Waals surface area (Å²) in [6.45, 7) is 2.87. The second-order valence-electron chi connectivity index (χ2n) is 6.80. The second-order valence-corrected chi connectivity index (χ2v) is 6.80. The molecule has 3 heteroatoms. The minimum absolute atomic E-state index is 0.0480. The van der Waals surface area contributed by atoms with Crippen molar-refractivity contribution in [1.82, 2.24) is 0 Å².